The third kappa shape index (κ3) is 5.05. The largest absolute Gasteiger partial charge is 0.302 e. The minimum absolute atomic E-state index is 0. The van der Waals surface area contributed by atoms with Crippen molar-refractivity contribution in [2.24, 2.45) is 5.92 Å². The number of rotatable bonds is 6. The second kappa shape index (κ2) is 10.1. The Balaban J connectivity index is 0.00000256. The summed E-state index contributed by atoms with van der Waals surface area (Å²) in [5, 5.41) is 5.42. The highest BCUT2D eigenvalue weighted by Gasteiger charge is 2.33. The Morgan fingerprint density at radius 1 is 1.30 bits per heavy atom. The zero-order valence-electron chi connectivity index (χ0n) is 16.9. The number of hydrogen-bond donors (Lipinski definition) is 1. The number of anilines is 1. The molecule has 166 valence electrons. The average Bonchev–Trinajstić information content (AvgIpc) is 3.38. The second-order valence-corrected chi connectivity index (χ2v) is 11.7. The number of nitrogens with one attached hydrogen (secondary N) is 1. The van der Waals surface area contributed by atoms with E-state index in [1.165, 1.54) is 20.5 Å². The third-order valence-electron chi connectivity index (χ3n) is 5.49. The predicted molar refractivity (Wildman–Crippen MR) is 123 cm³/mol. The molecule has 0 radical (unpaired) electrons. The Labute approximate surface area is 192 Å². The van der Waals surface area contributed by atoms with Crippen LogP contribution >= 0.6 is 35.1 Å². The van der Waals surface area contributed by atoms with Gasteiger partial charge in [0.15, 0.2) is 5.13 Å². The average molecular weight is 491 g/mol. The van der Waals surface area contributed by atoms with Gasteiger partial charge >= 0.3 is 0 Å². The van der Waals surface area contributed by atoms with E-state index in [0.29, 0.717) is 35.3 Å². The van der Waals surface area contributed by atoms with Crippen molar-refractivity contribution < 1.29 is 13.2 Å². The van der Waals surface area contributed by atoms with Crippen LogP contribution in [0.3, 0.4) is 0 Å². The molecular formula is C19H27ClN4O3S3. The molecule has 0 unspecified atom stereocenters. The minimum atomic E-state index is -3.43. The number of carbonyl (C=O) groups is 1. The predicted octanol–water partition coefficient (Wildman–Crippen LogP) is 3.43. The summed E-state index contributed by atoms with van der Waals surface area (Å²) in [5.74, 6) is -0.225. The number of amides is 1. The molecule has 0 aromatic carbocycles. The van der Waals surface area contributed by atoms with Gasteiger partial charge < -0.3 is 5.32 Å². The van der Waals surface area contributed by atoms with Gasteiger partial charge in [-0.2, -0.15) is 4.31 Å². The quantitative estimate of drug-likeness (QED) is 0.670. The van der Waals surface area contributed by atoms with Crippen LogP contribution in [-0.2, 0) is 27.8 Å². The van der Waals surface area contributed by atoms with Crippen molar-refractivity contribution >= 4 is 56.1 Å². The van der Waals surface area contributed by atoms with Crippen LogP contribution in [0.25, 0.3) is 0 Å². The van der Waals surface area contributed by atoms with E-state index in [1.807, 2.05) is 0 Å². The molecule has 11 heteroatoms. The summed E-state index contributed by atoms with van der Waals surface area (Å²) in [4.78, 5) is 21.0. The first-order chi connectivity index (χ1) is 14.0. The lowest BCUT2D eigenvalue weighted by molar-refractivity contribution is -0.120. The molecule has 1 N–H and O–H groups in total. The summed E-state index contributed by atoms with van der Waals surface area (Å²) >= 11 is 2.80. The van der Waals surface area contributed by atoms with E-state index < -0.39 is 10.0 Å². The first kappa shape index (κ1) is 23.6. The highest BCUT2D eigenvalue weighted by Crippen LogP contribution is 2.30. The maximum absolute atomic E-state index is 12.7. The maximum atomic E-state index is 12.7. The summed E-state index contributed by atoms with van der Waals surface area (Å²) in [6, 6.07) is 3.37. The number of piperidine rings is 1. The van der Waals surface area contributed by atoms with Gasteiger partial charge in [0, 0.05) is 43.4 Å². The number of halogens is 1. The lowest BCUT2D eigenvalue weighted by atomic mass is 9.97. The number of nitrogens with zero attached hydrogens (tertiary/aromatic N) is 3. The standard InChI is InChI=1S/C19H26N4O3S3.ClH/c1-2-8-22-9-7-15-16(13-22)28-19(20-15)21-18(24)14-5-10-23(11-6-14)29(25,26)17-4-3-12-27-17;/h3-4,12,14H,2,5-11,13H2,1H3,(H,20,21,24);1H. The summed E-state index contributed by atoms with van der Waals surface area (Å²) < 4.78 is 27.1. The molecular weight excluding hydrogens is 464 g/mol. The smallest absolute Gasteiger partial charge is 0.252 e. The molecule has 0 bridgehead atoms. The number of hydrogen-bond acceptors (Lipinski definition) is 7. The molecule has 4 heterocycles. The second-order valence-electron chi connectivity index (χ2n) is 7.51. The molecule has 0 aliphatic carbocycles. The summed E-state index contributed by atoms with van der Waals surface area (Å²) in [5.41, 5.74) is 1.11. The fourth-order valence-corrected chi connectivity index (χ4v) is 7.58. The fraction of sp³-hybridized carbons (Fsp3) is 0.579. The Bertz CT molecular complexity index is 954. The zero-order chi connectivity index (χ0) is 20.4. The van der Waals surface area contributed by atoms with Crippen molar-refractivity contribution in [3.8, 4) is 0 Å². The van der Waals surface area contributed by atoms with Crippen molar-refractivity contribution in [3.63, 3.8) is 0 Å². The van der Waals surface area contributed by atoms with Crippen LogP contribution in [0.4, 0.5) is 5.13 Å². The number of fused-ring (bicyclic) bond motifs is 1. The van der Waals surface area contributed by atoms with E-state index in [2.05, 4.69) is 22.1 Å². The van der Waals surface area contributed by atoms with Crippen molar-refractivity contribution in [1.82, 2.24) is 14.2 Å². The highest BCUT2D eigenvalue weighted by molar-refractivity contribution is 7.91. The Morgan fingerprint density at radius 3 is 2.73 bits per heavy atom. The number of aromatic nitrogens is 1. The van der Waals surface area contributed by atoms with E-state index in [4.69, 9.17) is 0 Å². The number of thiazole rings is 1. The molecule has 2 aliphatic rings. The van der Waals surface area contributed by atoms with Crippen molar-refractivity contribution in [3.05, 3.63) is 28.1 Å². The van der Waals surface area contributed by atoms with Gasteiger partial charge in [-0.05, 0) is 37.3 Å². The SMILES string of the molecule is CCCN1CCc2nc(NC(=O)C3CCN(S(=O)(=O)c4cccs4)CC3)sc2C1.Cl. The van der Waals surface area contributed by atoms with E-state index in [9.17, 15) is 13.2 Å². The van der Waals surface area contributed by atoms with Crippen molar-refractivity contribution in [2.45, 2.75) is 43.4 Å². The van der Waals surface area contributed by atoms with Gasteiger partial charge in [-0.15, -0.1) is 35.1 Å². The van der Waals surface area contributed by atoms with E-state index in [0.717, 1.165) is 38.2 Å². The number of sulfonamides is 1. The van der Waals surface area contributed by atoms with Gasteiger partial charge in [0.25, 0.3) is 10.0 Å². The molecule has 1 saturated heterocycles. The number of carbonyl (C=O) groups excluding carboxylic acids is 1. The normalized spacial score (nSPS) is 18.6. The van der Waals surface area contributed by atoms with Gasteiger partial charge in [-0.1, -0.05) is 13.0 Å². The van der Waals surface area contributed by atoms with Crippen LogP contribution in [0.2, 0.25) is 0 Å². The van der Waals surface area contributed by atoms with Gasteiger partial charge in [0.1, 0.15) is 4.21 Å². The van der Waals surface area contributed by atoms with E-state index in [-0.39, 0.29) is 24.2 Å². The summed E-state index contributed by atoms with van der Waals surface area (Å²) in [6.07, 6.45) is 3.14. The first-order valence-electron chi connectivity index (χ1n) is 10.0. The van der Waals surface area contributed by atoms with Crippen LogP contribution in [-0.4, -0.2) is 54.7 Å². The fourth-order valence-electron chi connectivity index (χ4n) is 3.91. The molecule has 0 spiro atoms. The van der Waals surface area contributed by atoms with Crippen LogP contribution in [0.1, 0.15) is 36.8 Å². The Morgan fingerprint density at radius 2 is 2.07 bits per heavy atom. The van der Waals surface area contributed by atoms with E-state index >= 15 is 0 Å². The Kier molecular flexibility index (Phi) is 7.92. The topological polar surface area (TPSA) is 82.6 Å². The molecule has 2 aliphatic heterocycles. The van der Waals surface area contributed by atoms with Crippen molar-refractivity contribution in [1.29, 1.82) is 0 Å². The molecule has 1 amide bonds. The summed E-state index contributed by atoms with van der Waals surface area (Å²) in [6.45, 7) is 5.96. The van der Waals surface area contributed by atoms with Crippen LogP contribution in [0, 0.1) is 5.92 Å². The maximum Gasteiger partial charge on any atom is 0.252 e. The molecule has 7 nitrogen and oxygen atoms in total. The molecule has 1 fully saturated rings. The van der Waals surface area contributed by atoms with Crippen LogP contribution in [0.5, 0.6) is 0 Å². The molecule has 30 heavy (non-hydrogen) atoms. The van der Waals surface area contributed by atoms with Gasteiger partial charge in [0.2, 0.25) is 5.91 Å². The van der Waals surface area contributed by atoms with Crippen LogP contribution < -0.4 is 5.32 Å². The lowest BCUT2D eigenvalue weighted by Gasteiger charge is -2.29. The lowest BCUT2D eigenvalue weighted by Crippen LogP contribution is -2.41. The molecule has 0 atom stereocenters. The monoisotopic (exact) mass is 490 g/mol. The third-order valence-corrected chi connectivity index (χ3v) is 9.76. The number of thiophene rings is 1. The molecule has 2 aromatic heterocycles. The van der Waals surface area contributed by atoms with Crippen LogP contribution in [0.15, 0.2) is 21.7 Å². The molecule has 4 rings (SSSR count). The van der Waals surface area contributed by atoms with Gasteiger partial charge in [-0.3, -0.25) is 9.69 Å². The zero-order valence-corrected chi connectivity index (χ0v) is 20.1. The van der Waals surface area contributed by atoms with Gasteiger partial charge in [-0.25, -0.2) is 13.4 Å². The van der Waals surface area contributed by atoms with Gasteiger partial charge in [0.05, 0.1) is 5.69 Å². The summed E-state index contributed by atoms with van der Waals surface area (Å²) in [7, 11) is -3.43. The van der Waals surface area contributed by atoms with E-state index in [1.54, 1.807) is 28.8 Å². The first-order valence-corrected chi connectivity index (χ1v) is 13.2. The molecule has 0 saturated carbocycles. The highest BCUT2D eigenvalue weighted by atomic mass is 35.5. The minimum Gasteiger partial charge on any atom is -0.302 e. The molecule has 2 aromatic rings. The Hall–Kier alpha value is -1.04. The van der Waals surface area contributed by atoms with Crippen molar-refractivity contribution in [2.75, 3.05) is 31.5 Å².